The highest BCUT2D eigenvalue weighted by Gasteiger charge is 2.71. The van der Waals surface area contributed by atoms with Gasteiger partial charge in [0.15, 0.2) is 0 Å². The fourth-order valence-corrected chi connectivity index (χ4v) is 7.37. The zero-order chi connectivity index (χ0) is 30.8. The number of likely N-dealkylation sites (tertiary alicyclic amines) is 1. The van der Waals surface area contributed by atoms with Gasteiger partial charge in [0.25, 0.3) is 5.91 Å². The third-order valence-corrected chi connectivity index (χ3v) is 9.39. The first kappa shape index (κ1) is 30.4. The highest BCUT2D eigenvalue weighted by atomic mass is 35.5. The van der Waals surface area contributed by atoms with Gasteiger partial charge in [-0.2, -0.15) is 0 Å². The van der Waals surface area contributed by atoms with Crippen LogP contribution in [0, 0.1) is 11.8 Å². The molecule has 4 aliphatic heterocycles. The zero-order valence-corrected chi connectivity index (χ0v) is 25.6. The first-order valence-electron chi connectivity index (χ1n) is 15.4. The molecule has 44 heavy (non-hydrogen) atoms. The van der Waals surface area contributed by atoms with Crippen LogP contribution in [-0.2, 0) is 19.1 Å². The van der Waals surface area contributed by atoms with Gasteiger partial charge in [-0.1, -0.05) is 60.9 Å². The van der Waals surface area contributed by atoms with Gasteiger partial charge in [-0.05, 0) is 56.2 Å². The molecule has 2 saturated heterocycles. The molecule has 0 aliphatic carbocycles. The summed E-state index contributed by atoms with van der Waals surface area (Å²) in [6, 6.07) is 13.5. The van der Waals surface area contributed by atoms with Gasteiger partial charge in [-0.25, -0.2) is 0 Å². The van der Waals surface area contributed by atoms with Crippen molar-refractivity contribution in [3.8, 4) is 5.75 Å². The molecular weight excluding hydrogens is 582 g/mol. The monoisotopic (exact) mass is 619 g/mol. The van der Waals surface area contributed by atoms with Gasteiger partial charge in [0.2, 0.25) is 11.8 Å². The Hall–Kier alpha value is -3.66. The summed E-state index contributed by atoms with van der Waals surface area (Å²) in [6.07, 6.45) is 9.76. The molecule has 0 bridgehead atoms. The van der Waals surface area contributed by atoms with Crippen molar-refractivity contribution < 1.29 is 29.0 Å². The predicted octanol–water partition coefficient (Wildman–Crippen LogP) is 4.38. The van der Waals surface area contributed by atoms with E-state index in [4.69, 9.17) is 21.1 Å². The van der Waals surface area contributed by atoms with E-state index in [0.717, 1.165) is 12.8 Å². The fraction of sp³-hybridized carbons (Fsp3) is 0.441. The van der Waals surface area contributed by atoms with Crippen molar-refractivity contribution in [2.45, 2.75) is 50.4 Å². The molecule has 0 aromatic heterocycles. The normalized spacial score (nSPS) is 27.7. The summed E-state index contributed by atoms with van der Waals surface area (Å²) in [5.74, 6) is -1.72. The SMILES string of the molecule is CCOc1ccc(N2CC=C[C@H]3O[C@]45C=CCN(c6ccccc6Cl)C(=O)C4N(CCCCCCO)C(=O)[C@@H]5[C@H]3C2=O)cc1. The molecule has 10 heteroatoms. The van der Waals surface area contributed by atoms with Crippen LogP contribution in [0.25, 0.3) is 0 Å². The number of anilines is 2. The first-order chi connectivity index (χ1) is 21.4. The van der Waals surface area contributed by atoms with Crippen molar-refractivity contribution in [1.82, 2.24) is 4.90 Å². The Labute approximate surface area is 262 Å². The number of rotatable bonds is 10. The number of hydrogen-bond acceptors (Lipinski definition) is 6. The smallest absolute Gasteiger partial charge is 0.253 e. The third-order valence-electron chi connectivity index (χ3n) is 9.07. The number of aliphatic hydroxyl groups is 1. The number of benzene rings is 2. The minimum Gasteiger partial charge on any atom is -0.494 e. The average molecular weight is 620 g/mol. The van der Waals surface area contributed by atoms with Gasteiger partial charge >= 0.3 is 0 Å². The van der Waals surface area contributed by atoms with E-state index in [2.05, 4.69) is 0 Å². The first-order valence-corrected chi connectivity index (χ1v) is 15.8. The second-order valence-electron chi connectivity index (χ2n) is 11.6. The Morgan fingerprint density at radius 1 is 0.932 bits per heavy atom. The molecule has 5 atom stereocenters. The molecule has 2 fully saturated rings. The van der Waals surface area contributed by atoms with E-state index >= 15 is 0 Å². The molecule has 9 nitrogen and oxygen atoms in total. The molecule has 6 rings (SSSR count). The molecule has 0 radical (unpaired) electrons. The number of aliphatic hydroxyl groups excluding tert-OH is 1. The van der Waals surface area contributed by atoms with E-state index in [1.54, 1.807) is 32.9 Å². The van der Waals surface area contributed by atoms with Crippen molar-refractivity contribution in [2.75, 3.05) is 42.6 Å². The Bertz CT molecular complexity index is 1460. The lowest BCUT2D eigenvalue weighted by Crippen LogP contribution is -2.55. The Morgan fingerprint density at radius 3 is 2.43 bits per heavy atom. The second kappa shape index (κ2) is 12.8. The van der Waals surface area contributed by atoms with Gasteiger partial charge in [0.05, 0.1) is 35.3 Å². The van der Waals surface area contributed by atoms with Crippen LogP contribution >= 0.6 is 11.6 Å². The van der Waals surface area contributed by atoms with Gasteiger partial charge in [0.1, 0.15) is 17.4 Å². The predicted molar refractivity (Wildman–Crippen MR) is 168 cm³/mol. The molecule has 232 valence electrons. The van der Waals surface area contributed by atoms with Crippen molar-refractivity contribution in [2.24, 2.45) is 11.8 Å². The lowest BCUT2D eigenvalue weighted by molar-refractivity contribution is -0.140. The molecule has 1 unspecified atom stereocenters. The van der Waals surface area contributed by atoms with Crippen molar-refractivity contribution in [3.05, 3.63) is 77.9 Å². The summed E-state index contributed by atoms with van der Waals surface area (Å²) in [5.41, 5.74) is -0.0544. The van der Waals surface area contributed by atoms with Gasteiger partial charge in [-0.15, -0.1) is 0 Å². The molecule has 4 heterocycles. The molecule has 2 aromatic rings. The second-order valence-corrected chi connectivity index (χ2v) is 12.0. The number of halogens is 1. The summed E-state index contributed by atoms with van der Waals surface area (Å²) >= 11 is 6.55. The number of hydrogen-bond donors (Lipinski definition) is 1. The van der Waals surface area contributed by atoms with Crippen LogP contribution in [0.5, 0.6) is 5.75 Å². The molecular formula is C34H38ClN3O6. The fourth-order valence-electron chi connectivity index (χ4n) is 7.13. The van der Waals surface area contributed by atoms with E-state index in [-0.39, 0.29) is 30.9 Å². The van der Waals surface area contributed by atoms with Crippen LogP contribution in [0.15, 0.2) is 72.8 Å². The number of para-hydroxylation sites is 1. The summed E-state index contributed by atoms with van der Waals surface area (Å²) in [5, 5.41) is 9.64. The Morgan fingerprint density at radius 2 is 1.68 bits per heavy atom. The summed E-state index contributed by atoms with van der Waals surface area (Å²) < 4.78 is 12.3. The maximum absolute atomic E-state index is 14.5. The number of amides is 3. The average Bonchev–Trinajstić information content (AvgIpc) is 3.33. The van der Waals surface area contributed by atoms with E-state index in [1.807, 2.05) is 61.6 Å². The Balaban J connectivity index is 1.37. The lowest BCUT2D eigenvalue weighted by atomic mass is 9.77. The summed E-state index contributed by atoms with van der Waals surface area (Å²) in [7, 11) is 0. The number of carbonyl (C=O) groups excluding carboxylic acids is 3. The summed E-state index contributed by atoms with van der Waals surface area (Å²) in [6.45, 7) is 3.51. The minimum atomic E-state index is -1.31. The number of ether oxygens (including phenoxy) is 2. The zero-order valence-electron chi connectivity index (χ0n) is 24.8. The molecule has 1 spiro atoms. The summed E-state index contributed by atoms with van der Waals surface area (Å²) in [4.78, 5) is 48.3. The van der Waals surface area contributed by atoms with Crippen LogP contribution in [0.3, 0.4) is 0 Å². The van der Waals surface area contributed by atoms with Crippen LogP contribution < -0.4 is 14.5 Å². The van der Waals surface area contributed by atoms with Crippen molar-refractivity contribution in [1.29, 1.82) is 0 Å². The van der Waals surface area contributed by atoms with E-state index < -0.39 is 29.6 Å². The van der Waals surface area contributed by atoms with Crippen LogP contribution in [0.2, 0.25) is 5.02 Å². The molecule has 2 aromatic carbocycles. The largest absolute Gasteiger partial charge is 0.494 e. The number of nitrogens with zero attached hydrogens (tertiary/aromatic N) is 3. The number of carbonyl (C=O) groups is 3. The highest BCUT2D eigenvalue weighted by molar-refractivity contribution is 6.34. The van der Waals surface area contributed by atoms with E-state index in [1.165, 1.54) is 0 Å². The van der Waals surface area contributed by atoms with Crippen molar-refractivity contribution >= 4 is 40.7 Å². The maximum atomic E-state index is 14.5. The number of fused-ring (bicyclic) bond motifs is 2. The van der Waals surface area contributed by atoms with Crippen LogP contribution in [-0.4, -0.2) is 78.3 Å². The quantitative estimate of drug-likeness (QED) is 0.313. The lowest BCUT2D eigenvalue weighted by Gasteiger charge is -2.35. The Kier molecular flexibility index (Phi) is 8.80. The minimum absolute atomic E-state index is 0.115. The highest BCUT2D eigenvalue weighted by Crippen LogP contribution is 2.54. The van der Waals surface area contributed by atoms with Gasteiger partial charge in [0, 0.05) is 31.9 Å². The molecule has 3 amide bonds. The maximum Gasteiger partial charge on any atom is 0.253 e. The van der Waals surface area contributed by atoms with Crippen molar-refractivity contribution in [3.63, 3.8) is 0 Å². The van der Waals surface area contributed by atoms with Crippen LogP contribution in [0.1, 0.15) is 32.6 Å². The van der Waals surface area contributed by atoms with E-state index in [0.29, 0.717) is 54.7 Å². The molecule has 4 aliphatic rings. The topological polar surface area (TPSA) is 99.6 Å². The third kappa shape index (κ3) is 5.21. The van der Waals surface area contributed by atoms with E-state index in [9.17, 15) is 19.5 Å². The van der Waals surface area contributed by atoms with Gasteiger partial charge < -0.3 is 29.3 Å². The van der Waals surface area contributed by atoms with Gasteiger partial charge in [-0.3, -0.25) is 14.4 Å². The molecule has 0 saturated carbocycles. The standard InChI is InChI=1S/C34H38ClN3O6/c1-2-43-24-16-14-23(15-17-24)36-20-9-13-27-28(31(36)40)29-32(41)38(19-7-3-4-8-22-39)30-33(42)37(21-10-18-34(29,30)44-27)26-12-6-5-11-25(26)35/h5-6,9-18,27-30,39H,2-4,7-8,19-22H2,1H3/t27-,28+,29+,30?,34+/m1/s1. The number of unbranched alkanes of at least 4 members (excludes halogenated alkanes) is 3. The van der Waals surface area contributed by atoms with Crippen LogP contribution in [0.4, 0.5) is 11.4 Å². The molecule has 1 N–H and O–H groups in total.